The summed E-state index contributed by atoms with van der Waals surface area (Å²) < 4.78 is 0. The Kier molecular flexibility index (Phi) is 3.67. The predicted octanol–water partition coefficient (Wildman–Crippen LogP) is -2.05. The molecule has 0 aliphatic heterocycles. The summed E-state index contributed by atoms with van der Waals surface area (Å²) in [6.07, 6.45) is 0. The molecule has 0 radical (unpaired) electrons. The molecule has 8 heteroatoms. The Balaban J connectivity index is 4.91. The molecular weight excluding hydrogens is 166 g/mol. The van der Waals surface area contributed by atoms with Crippen molar-refractivity contribution in [2.24, 2.45) is 11.7 Å². The first-order valence-electron chi connectivity index (χ1n) is 2.87. The minimum atomic E-state index is -1.00. The average Bonchev–Trinajstić information content (AvgIpc) is 2.03. The number of carbonyl (C=O) groups excluding carboxylic acids is 1. The Morgan fingerprint density at radius 2 is 1.92 bits per heavy atom. The third-order valence-corrected chi connectivity index (χ3v) is 1.10. The minimum Gasteiger partial charge on any atom is -0.322 e. The number of nitro groups is 1. The molecule has 0 aromatic rings. The molecule has 0 aliphatic carbocycles. The van der Waals surface area contributed by atoms with E-state index < -0.39 is 16.5 Å². The standard InChI is InChI=1S/C4H9N5O3/c1-2(7-5)3(9(11)12)4(10)8-6/h7H,5-6H2,1H3,(H,8,10). The molecule has 0 unspecified atom stereocenters. The van der Waals surface area contributed by atoms with E-state index >= 15 is 0 Å². The Hall–Kier alpha value is -1.67. The number of allylic oxidation sites excluding steroid dienone is 1. The van der Waals surface area contributed by atoms with E-state index in [1.54, 1.807) is 5.43 Å². The molecule has 0 saturated carbocycles. The molecular formula is C4H9N5O3. The van der Waals surface area contributed by atoms with Crippen LogP contribution in [0.3, 0.4) is 0 Å². The van der Waals surface area contributed by atoms with E-state index in [9.17, 15) is 14.9 Å². The zero-order valence-electron chi connectivity index (χ0n) is 6.33. The maximum absolute atomic E-state index is 10.7. The number of carbonyl (C=O) groups is 1. The van der Waals surface area contributed by atoms with E-state index in [0.717, 1.165) is 0 Å². The van der Waals surface area contributed by atoms with Gasteiger partial charge in [-0.1, -0.05) is 0 Å². The average molecular weight is 175 g/mol. The quantitative estimate of drug-likeness (QED) is 0.128. The lowest BCUT2D eigenvalue weighted by molar-refractivity contribution is -0.420. The highest BCUT2D eigenvalue weighted by Crippen LogP contribution is 2.00. The molecule has 68 valence electrons. The third-order valence-electron chi connectivity index (χ3n) is 1.10. The maximum Gasteiger partial charge on any atom is 0.354 e. The van der Waals surface area contributed by atoms with Crippen LogP contribution < -0.4 is 22.5 Å². The van der Waals surface area contributed by atoms with Crippen molar-refractivity contribution < 1.29 is 9.72 Å². The molecule has 0 atom stereocenters. The number of amides is 1. The molecule has 0 aliphatic rings. The number of nitrogens with two attached hydrogens (primary N) is 2. The fraction of sp³-hybridized carbons (Fsp3) is 0.250. The summed E-state index contributed by atoms with van der Waals surface area (Å²) in [7, 11) is 0. The molecule has 0 fully saturated rings. The molecule has 0 rings (SSSR count). The van der Waals surface area contributed by atoms with Crippen molar-refractivity contribution in [3.63, 3.8) is 0 Å². The van der Waals surface area contributed by atoms with Crippen LogP contribution in [0.5, 0.6) is 0 Å². The Morgan fingerprint density at radius 3 is 2.17 bits per heavy atom. The second-order valence-electron chi connectivity index (χ2n) is 1.85. The second-order valence-corrected chi connectivity index (χ2v) is 1.85. The molecule has 0 aromatic carbocycles. The van der Waals surface area contributed by atoms with Crippen LogP contribution in [0.2, 0.25) is 0 Å². The SMILES string of the molecule is CC(NN)=C(C(=O)NN)[N+](=O)[O-]. The van der Waals surface area contributed by atoms with Crippen LogP contribution >= 0.6 is 0 Å². The van der Waals surface area contributed by atoms with Crippen molar-refractivity contribution >= 4 is 5.91 Å². The number of hydrogen-bond acceptors (Lipinski definition) is 6. The fourth-order valence-corrected chi connectivity index (χ4v) is 0.527. The van der Waals surface area contributed by atoms with Crippen LogP contribution in [0.4, 0.5) is 0 Å². The number of hydrazine groups is 2. The Morgan fingerprint density at radius 1 is 1.42 bits per heavy atom. The molecule has 0 heterocycles. The summed E-state index contributed by atoms with van der Waals surface area (Å²) in [5.41, 5.74) is 2.84. The van der Waals surface area contributed by atoms with E-state index in [-0.39, 0.29) is 5.70 Å². The van der Waals surface area contributed by atoms with Crippen LogP contribution in [-0.4, -0.2) is 10.8 Å². The lowest BCUT2D eigenvalue weighted by Gasteiger charge is -2.01. The number of hydrogen-bond donors (Lipinski definition) is 4. The van der Waals surface area contributed by atoms with Gasteiger partial charge in [0.2, 0.25) is 0 Å². The van der Waals surface area contributed by atoms with Crippen LogP contribution in [0.1, 0.15) is 6.92 Å². The topological polar surface area (TPSA) is 136 Å². The molecule has 0 bridgehead atoms. The van der Waals surface area contributed by atoms with Crippen LogP contribution in [0.25, 0.3) is 0 Å². The fourth-order valence-electron chi connectivity index (χ4n) is 0.527. The molecule has 6 N–H and O–H groups in total. The molecule has 0 spiro atoms. The van der Waals surface area contributed by atoms with Crippen molar-refractivity contribution in [1.29, 1.82) is 0 Å². The minimum absolute atomic E-state index is 0.0667. The van der Waals surface area contributed by atoms with Gasteiger partial charge in [0.1, 0.15) is 5.70 Å². The highest BCUT2D eigenvalue weighted by atomic mass is 16.6. The smallest absolute Gasteiger partial charge is 0.322 e. The zero-order chi connectivity index (χ0) is 9.72. The summed E-state index contributed by atoms with van der Waals surface area (Å²) in [6.45, 7) is 1.29. The Labute approximate surface area is 67.7 Å². The largest absolute Gasteiger partial charge is 0.354 e. The highest BCUT2D eigenvalue weighted by molar-refractivity contribution is 5.91. The van der Waals surface area contributed by atoms with Crippen molar-refractivity contribution in [3.8, 4) is 0 Å². The van der Waals surface area contributed by atoms with E-state index in [1.807, 2.05) is 5.43 Å². The van der Waals surface area contributed by atoms with E-state index in [0.29, 0.717) is 0 Å². The number of nitrogens with one attached hydrogen (secondary N) is 2. The van der Waals surface area contributed by atoms with Gasteiger partial charge in [-0.05, 0) is 6.92 Å². The van der Waals surface area contributed by atoms with Gasteiger partial charge < -0.3 is 5.43 Å². The first kappa shape index (κ1) is 10.3. The van der Waals surface area contributed by atoms with Gasteiger partial charge in [-0.2, -0.15) is 0 Å². The monoisotopic (exact) mass is 175 g/mol. The zero-order valence-corrected chi connectivity index (χ0v) is 6.33. The van der Waals surface area contributed by atoms with Gasteiger partial charge in [0.25, 0.3) is 0 Å². The summed E-state index contributed by atoms with van der Waals surface area (Å²) in [4.78, 5) is 20.1. The summed E-state index contributed by atoms with van der Waals surface area (Å²) in [6, 6.07) is 0. The van der Waals surface area contributed by atoms with Gasteiger partial charge in [0.05, 0.1) is 4.92 Å². The van der Waals surface area contributed by atoms with E-state index in [2.05, 4.69) is 0 Å². The maximum atomic E-state index is 10.7. The predicted molar refractivity (Wildman–Crippen MR) is 39.3 cm³/mol. The first-order chi connectivity index (χ1) is 5.54. The van der Waals surface area contributed by atoms with Crippen LogP contribution in [-0.2, 0) is 4.79 Å². The summed E-state index contributed by atoms with van der Waals surface area (Å²) >= 11 is 0. The lowest BCUT2D eigenvalue weighted by Crippen LogP contribution is -2.36. The first-order valence-corrected chi connectivity index (χ1v) is 2.87. The van der Waals surface area contributed by atoms with Crippen molar-refractivity contribution in [2.75, 3.05) is 0 Å². The van der Waals surface area contributed by atoms with Crippen molar-refractivity contribution in [2.45, 2.75) is 6.92 Å². The van der Waals surface area contributed by atoms with Crippen LogP contribution in [0, 0.1) is 10.1 Å². The molecule has 0 aromatic heterocycles. The molecule has 8 nitrogen and oxygen atoms in total. The van der Waals surface area contributed by atoms with Crippen LogP contribution in [0.15, 0.2) is 11.4 Å². The molecule has 1 amide bonds. The Bertz CT molecular complexity index is 235. The van der Waals surface area contributed by atoms with Crippen molar-refractivity contribution in [1.82, 2.24) is 10.9 Å². The van der Waals surface area contributed by atoms with Gasteiger partial charge in [-0.25, -0.2) is 5.84 Å². The van der Waals surface area contributed by atoms with Crippen molar-refractivity contribution in [3.05, 3.63) is 21.5 Å². The summed E-state index contributed by atoms with van der Waals surface area (Å²) in [5, 5.41) is 10.2. The third kappa shape index (κ3) is 2.18. The molecule has 12 heavy (non-hydrogen) atoms. The summed E-state index contributed by atoms with van der Waals surface area (Å²) in [5.74, 6) is 8.56. The second kappa shape index (κ2) is 4.26. The van der Waals surface area contributed by atoms with Gasteiger partial charge in [-0.15, -0.1) is 0 Å². The highest BCUT2D eigenvalue weighted by Gasteiger charge is 2.23. The number of nitrogens with zero attached hydrogens (tertiary/aromatic N) is 1. The van der Waals surface area contributed by atoms with Gasteiger partial charge in [0, 0.05) is 0 Å². The normalized spacial score (nSPS) is 11.6. The number of rotatable bonds is 3. The van der Waals surface area contributed by atoms with Gasteiger partial charge >= 0.3 is 11.6 Å². The van der Waals surface area contributed by atoms with Gasteiger partial charge in [0.15, 0.2) is 0 Å². The van der Waals surface area contributed by atoms with E-state index in [1.165, 1.54) is 6.92 Å². The lowest BCUT2D eigenvalue weighted by atomic mass is 10.3. The van der Waals surface area contributed by atoms with E-state index in [4.69, 9.17) is 11.7 Å². The molecule has 0 saturated heterocycles. The van der Waals surface area contributed by atoms with Gasteiger partial charge in [-0.3, -0.25) is 26.2 Å².